The van der Waals surface area contributed by atoms with Gasteiger partial charge in [-0.25, -0.2) is 14.1 Å². The first-order valence-electron chi connectivity index (χ1n) is 9.10. The number of aromatic nitrogens is 3. The fraction of sp³-hybridized carbons (Fsp3) is 0.647. The van der Waals surface area contributed by atoms with Gasteiger partial charge in [0.2, 0.25) is 0 Å². The summed E-state index contributed by atoms with van der Waals surface area (Å²) in [4.78, 5) is 3.99. The predicted molar refractivity (Wildman–Crippen MR) is 101 cm³/mol. The summed E-state index contributed by atoms with van der Waals surface area (Å²) in [5.74, 6) is 0.357. The minimum atomic E-state index is -3.73. The number of fused-ring (bicyclic) bond motifs is 2. The Bertz CT molecular complexity index is 940. The van der Waals surface area contributed by atoms with Crippen LogP contribution in [0.3, 0.4) is 0 Å². The number of ether oxygens (including phenoxy) is 1. The van der Waals surface area contributed by atoms with Crippen molar-refractivity contribution in [3.05, 3.63) is 24.2 Å². The molecule has 4 rings (SSSR count). The molecule has 0 spiro atoms. The lowest BCUT2D eigenvalue weighted by Gasteiger charge is -2.36. The van der Waals surface area contributed by atoms with Crippen LogP contribution in [0.2, 0.25) is 0 Å². The van der Waals surface area contributed by atoms with Gasteiger partial charge in [-0.15, -0.1) is 0 Å². The third-order valence-electron chi connectivity index (χ3n) is 4.90. The van der Waals surface area contributed by atoms with Crippen LogP contribution in [-0.2, 0) is 22.9 Å². The molecule has 154 valence electrons. The Morgan fingerprint density at radius 2 is 2.18 bits per heavy atom. The van der Waals surface area contributed by atoms with Crippen LogP contribution in [-0.4, -0.2) is 45.6 Å². The molecule has 0 radical (unpaired) electrons. The Morgan fingerprint density at radius 1 is 1.43 bits per heavy atom. The summed E-state index contributed by atoms with van der Waals surface area (Å²) >= 11 is 0. The highest BCUT2D eigenvalue weighted by Gasteiger charge is 2.59. The van der Waals surface area contributed by atoms with Crippen molar-refractivity contribution in [2.24, 2.45) is 11.1 Å². The molecule has 11 heteroatoms. The summed E-state index contributed by atoms with van der Waals surface area (Å²) in [6.07, 6.45) is -0.348. The largest absolute Gasteiger partial charge is 0.475 e. The van der Waals surface area contributed by atoms with E-state index in [1.807, 2.05) is 26.8 Å². The third kappa shape index (κ3) is 3.34. The number of nitrogen functional groups attached to an aromatic ring is 1. The van der Waals surface area contributed by atoms with Crippen molar-refractivity contribution in [2.75, 3.05) is 18.9 Å². The van der Waals surface area contributed by atoms with Gasteiger partial charge in [0.25, 0.3) is 0 Å². The van der Waals surface area contributed by atoms with Crippen LogP contribution >= 0.6 is 7.82 Å². The Kier molecular flexibility index (Phi) is 4.57. The van der Waals surface area contributed by atoms with Gasteiger partial charge in [0.05, 0.1) is 24.4 Å². The van der Waals surface area contributed by atoms with Gasteiger partial charge in [-0.05, 0) is 24.5 Å². The van der Waals surface area contributed by atoms with Crippen LogP contribution in [0.5, 0.6) is 0 Å². The normalized spacial score (nSPS) is 36.0. The number of hydrogen-bond donors (Lipinski definition) is 2. The molecule has 10 nitrogen and oxygen atoms in total. The van der Waals surface area contributed by atoms with E-state index in [4.69, 9.17) is 29.8 Å². The average molecular weight is 411 g/mol. The molecular weight excluding hydrogens is 385 g/mol. The van der Waals surface area contributed by atoms with Crippen molar-refractivity contribution in [1.82, 2.24) is 14.6 Å². The van der Waals surface area contributed by atoms with Crippen molar-refractivity contribution < 1.29 is 22.9 Å². The standard InChI is InChI=1S/C17H26N5O5P/c1-16(2,3)8-25-28(23)24-7-12-14(27-28)17(4,19)13(26-12)10-5-6-11-15(18)20-9-21-22(10)11/h5-6,9,12-14H,7-8,19H2,1-4H3,(H2,18,20,21)/t12-,13+,14-,17+,28+/m1/s1. The number of hydrogen-bond acceptors (Lipinski definition) is 9. The van der Waals surface area contributed by atoms with Gasteiger partial charge in [0, 0.05) is 0 Å². The van der Waals surface area contributed by atoms with Gasteiger partial charge < -0.3 is 16.2 Å². The molecular formula is C17H26N5O5P. The van der Waals surface area contributed by atoms with Gasteiger partial charge >= 0.3 is 7.82 Å². The number of rotatable bonds is 3. The zero-order valence-corrected chi connectivity index (χ0v) is 17.3. The lowest BCUT2D eigenvalue weighted by Crippen LogP contribution is -2.53. The van der Waals surface area contributed by atoms with Crippen molar-refractivity contribution in [2.45, 2.75) is 51.5 Å². The van der Waals surface area contributed by atoms with Crippen molar-refractivity contribution in [3.63, 3.8) is 0 Å². The lowest BCUT2D eigenvalue weighted by molar-refractivity contribution is -0.0630. The van der Waals surface area contributed by atoms with E-state index in [1.54, 1.807) is 17.5 Å². The number of phosphoric ester groups is 1. The van der Waals surface area contributed by atoms with Crippen LogP contribution in [0.4, 0.5) is 5.82 Å². The molecule has 2 aliphatic heterocycles. The third-order valence-corrected chi connectivity index (χ3v) is 6.30. The van der Waals surface area contributed by atoms with Crippen LogP contribution in [0.1, 0.15) is 39.5 Å². The van der Waals surface area contributed by atoms with E-state index in [2.05, 4.69) is 10.1 Å². The zero-order valence-electron chi connectivity index (χ0n) is 16.4. The Balaban J connectivity index is 1.61. The van der Waals surface area contributed by atoms with E-state index in [-0.39, 0.29) is 18.6 Å². The predicted octanol–water partition coefficient (Wildman–Crippen LogP) is 2.05. The molecule has 2 aliphatic rings. The van der Waals surface area contributed by atoms with Crippen molar-refractivity contribution in [1.29, 1.82) is 0 Å². The van der Waals surface area contributed by atoms with E-state index in [0.717, 1.165) is 0 Å². The SMILES string of the molecule is CC(C)(C)CO[P@]1(=O)OC[C@H]2O[C@@H](c3ccc4c(N)ncnn34)[C@](C)(N)[C@@H]2O1. The maximum Gasteiger partial charge on any atom is 0.475 e. The Morgan fingerprint density at radius 3 is 2.89 bits per heavy atom. The van der Waals surface area contributed by atoms with E-state index >= 15 is 0 Å². The Labute approximate surface area is 163 Å². The molecule has 2 aromatic heterocycles. The molecule has 5 atom stereocenters. The van der Waals surface area contributed by atoms with Gasteiger partial charge in [0.1, 0.15) is 30.2 Å². The molecule has 0 unspecified atom stereocenters. The average Bonchev–Trinajstić information content (AvgIpc) is 3.13. The Hall–Kier alpha value is -1.55. The quantitative estimate of drug-likeness (QED) is 0.727. The number of phosphoric acid groups is 1. The maximum absolute atomic E-state index is 12.9. The smallest absolute Gasteiger partial charge is 0.382 e. The number of nitrogens with two attached hydrogens (primary N) is 2. The van der Waals surface area contributed by atoms with Gasteiger partial charge in [0.15, 0.2) is 5.82 Å². The van der Waals surface area contributed by atoms with E-state index < -0.39 is 31.7 Å². The summed E-state index contributed by atoms with van der Waals surface area (Å²) in [6, 6.07) is 3.64. The van der Waals surface area contributed by atoms with Crippen LogP contribution < -0.4 is 11.5 Å². The first kappa shape index (κ1) is 19.8. The number of anilines is 1. The highest BCUT2D eigenvalue weighted by atomic mass is 31.2. The van der Waals surface area contributed by atoms with Gasteiger partial charge in [-0.3, -0.25) is 13.6 Å². The first-order chi connectivity index (χ1) is 13.0. The highest BCUT2D eigenvalue weighted by Crippen LogP contribution is 2.59. The summed E-state index contributed by atoms with van der Waals surface area (Å²) in [5, 5.41) is 4.25. The molecule has 2 fully saturated rings. The monoisotopic (exact) mass is 411 g/mol. The fourth-order valence-corrected chi connectivity index (χ4v) is 5.20. The molecule has 4 heterocycles. The van der Waals surface area contributed by atoms with Gasteiger partial charge in [-0.1, -0.05) is 20.8 Å². The van der Waals surface area contributed by atoms with Crippen molar-refractivity contribution in [3.8, 4) is 0 Å². The molecule has 2 saturated heterocycles. The van der Waals surface area contributed by atoms with E-state index in [9.17, 15) is 4.57 Å². The molecule has 0 saturated carbocycles. The molecule has 0 amide bonds. The lowest BCUT2D eigenvalue weighted by atomic mass is 9.88. The van der Waals surface area contributed by atoms with Crippen LogP contribution in [0.15, 0.2) is 18.5 Å². The zero-order chi connectivity index (χ0) is 20.3. The summed E-state index contributed by atoms with van der Waals surface area (Å²) in [7, 11) is -3.73. The molecule has 28 heavy (non-hydrogen) atoms. The van der Waals surface area contributed by atoms with E-state index in [0.29, 0.717) is 17.0 Å². The van der Waals surface area contributed by atoms with Crippen molar-refractivity contribution >= 4 is 19.2 Å². The second-order valence-electron chi connectivity index (χ2n) is 8.72. The number of nitrogens with zero attached hydrogens (tertiary/aromatic N) is 3. The molecule has 0 bridgehead atoms. The molecule has 4 N–H and O–H groups in total. The van der Waals surface area contributed by atoms with Crippen LogP contribution in [0.25, 0.3) is 5.52 Å². The minimum Gasteiger partial charge on any atom is -0.382 e. The maximum atomic E-state index is 12.9. The topological polar surface area (TPSA) is 136 Å². The second-order valence-corrected chi connectivity index (χ2v) is 10.3. The first-order valence-corrected chi connectivity index (χ1v) is 10.6. The highest BCUT2D eigenvalue weighted by molar-refractivity contribution is 7.48. The summed E-state index contributed by atoms with van der Waals surface area (Å²) < 4.78 is 37.4. The minimum absolute atomic E-state index is 0.0653. The molecule has 0 aromatic carbocycles. The fourth-order valence-electron chi connectivity index (χ4n) is 3.49. The summed E-state index contributed by atoms with van der Waals surface area (Å²) in [6.45, 7) is 8.01. The van der Waals surface area contributed by atoms with E-state index in [1.165, 1.54) is 6.33 Å². The summed E-state index contributed by atoms with van der Waals surface area (Å²) in [5.41, 5.74) is 12.7. The molecule has 2 aromatic rings. The molecule has 0 aliphatic carbocycles. The second kappa shape index (κ2) is 6.48. The van der Waals surface area contributed by atoms with Gasteiger partial charge in [-0.2, -0.15) is 5.10 Å². The van der Waals surface area contributed by atoms with Crippen LogP contribution in [0, 0.1) is 5.41 Å².